The number of aldehydes is 1. The SMILES string of the molecule is CCCc1nc(-n2c(C)ccc2C)c(C=O)n1Cc1ccc(-c2ccccc2-c2nnnn2C(c2ccccc2)(c2ccccc2)c2ccccc2)cc1. The third-order valence-corrected chi connectivity index (χ3v) is 10.3. The molecule has 0 aliphatic carbocycles. The highest BCUT2D eigenvalue weighted by atomic mass is 16.1. The van der Waals surface area contributed by atoms with Crippen molar-refractivity contribution in [1.82, 2.24) is 34.3 Å². The van der Waals surface area contributed by atoms with Crippen LogP contribution in [0.25, 0.3) is 28.3 Å². The molecular weight excluding hydrogens is 667 g/mol. The average molecular weight is 708 g/mol. The average Bonchev–Trinajstić information content (AvgIpc) is 3.93. The van der Waals surface area contributed by atoms with Gasteiger partial charge in [-0.2, -0.15) is 0 Å². The summed E-state index contributed by atoms with van der Waals surface area (Å²) in [5, 5.41) is 13.8. The molecule has 0 saturated heterocycles. The minimum Gasteiger partial charge on any atom is -0.319 e. The van der Waals surface area contributed by atoms with Crippen molar-refractivity contribution in [3.63, 3.8) is 0 Å². The zero-order chi connectivity index (χ0) is 37.1. The lowest BCUT2D eigenvalue weighted by Crippen LogP contribution is -2.39. The summed E-state index contributed by atoms with van der Waals surface area (Å²) in [6.07, 6.45) is 2.64. The van der Waals surface area contributed by atoms with Gasteiger partial charge in [-0.25, -0.2) is 9.67 Å². The van der Waals surface area contributed by atoms with E-state index in [4.69, 9.17) is 15.3 Å². The molecule has 3 aromatic heterocycles. The van der Waals surface area contributed by atoms with Gasteiger partial charge in [-0.1, -0.05) is 146 Å². The predicted octanol–water partition coefficient (Wildman–Crippen LogP) is 9.26. The Kier molecular flexibility index (Phi) is 9.40. The maximum absolute atomic E-state index is 12.6. The fourth-order valence-electron chi connectivity index (χ4n) is 7.76. The number of imidazole rings is 1. The molecule has 8 aromatic rings. The molecule has 0 bridgehead atoms. The Morgan fingerprint density at radius 1 is 0.648 bits per heavy atom. The van der Waals surface area contributed by atoms with Crippen LogP contribution in [-0.2, 0) is 18.5 Å². The molecule has 8 nitrogen and oxygen atoms in total. The van der Waals surface area contributed by atoms with Gasteiger partial charge in [0.25, 0.3) is 0 Å². The summed E-state index contributed by atoms with van der Waals surface area (Å²) < 4.78 is 6.11. The highest BCUT2D eigenvalue weighted by Crippen LogP contribution is 2.43. The van der Waals surface area contributed by atoms with E-state index in [0.29, 0.717) is 23.9 Å². The first kappa shape index (κ1) is 34.4. The number of hydrogen-bond acceptors (Lipinski definition) is 5. The van der Waals surface area contributed by atoms with Crippen molar-refractivity contribution in [2.45, 2.75) is 45.7 Å². The number of aromatic nitrogens is 7. The largest absolute Gasteiger partial charge is 0.319 e. The van der Waals surface area contributed by atoms with Crippen molar-refractivity contribution in [3.8, 4) is 28.3 Å². The number of tetrazole rings is 1. The number of carbonyl (C=O) groups excluding carboxylic acids is 1. The predicted molar refractivity (Wildman–Crippen MR) is 213 cm³/mol. The van der Waals surface area contributed by atoms with Gasteiger partial charge in [-0.05, 0) is 76.2 Å². The Balaban J connectivity index is 1.22. The lowest BCUT2D eigenvalue weighted by molar-refractivity contribution is 0.111. The van der Waals surface area contributed by atoms with Crippen LogP contribution in [0.15, 0.2) is 152 Å². The molecule has 0 fully saturated rings. The van der Waals surface area contributed by atoms with E-state index >= 15 is 0 Å². The zero-order valence-electron chi connectivity index (χ0n) is 30.7. The zero-order valence-corrected chi connectivity index (χ0v) is 30.7. The quantitative estimate of drug-likeness (QED) is 0.0934. The Hall–Kier alpha value is -6.67. The monoisotopic (exact) mass is 707 g/mol. The summed E-state index contributed by atoms with van der Waals surface area (Å²) in [7, 11) is 0. The molecule has 0 aliphatic heterocycles. The Morgan fingerprint density at radius 3 is 1.72 bits per heavy atom. The first-order valence-electron chi connectivity index (χ1n) is 18.4. The van der Waals surface area contributed by atoms with Gasteiger partial charge in [0, 0.05) is 29.9 Å². The van der Waals surface area contributed by atoms with Crippen molar-refractivity contribution in [1.29, 1.82) is 0 Å². The van der Waals surface area contributed by atoms with Crippen molar-refractivity contribution in [2.24, 2.45) is 0 Å². The van der Waals surface area contributed by atoms with Crippen molar-refractivity contribution in [2.75, 3.05) is 0 Å². The Labute approximate surface area is 315 Å². The van der Waals surface area contributed by atoms with E-state index in [0.717, 1.165) is 75.3 Å². The van der Waals surface area contributed by atoms with Crippen LogP contribution in [0.3, 0.4) is 0 Å². The minimum absolute atomic E-state index is 0.531. The third kappa shape index (κ3) is 5.95. The number of nitrogens with zero attached hydrogens (tertiary/aromatic N) is 7. The van der Waals surface area contributed by atoms with E-state index in [1.54, 1.807) is 0 Å². The van der Waals surface area contributed by atoms with Gasteiger partial charge in [0.05, 0.1) is 0 Å². The van der Waals surface area contributed by atoms with Crippen LogP contribution < -0.4 is 0 Å². The van der Waals surface area contributed by atoms with E-state index < -0.39 is 5.54 Å². The molecule has 8 rings (SSSR count). The van der Waals surface area contributed by atoms with Crippen LogP contribution in [0.5, 0.6) is 0 Å². The highest BCUT2D eigenvalue weighted by Gasteiger charge is 2.42. The summed E-state index contributed by atoms with van der Waals surface area (Å²) in [6, 6.07) is 52.2. The van der Waals surface area contributed by atoms with Crippen LogP contribution in [0.4, 0.5) is 0 Å². The van der Waals surface area contributed by atoms with Crippen LogP contribution in [0.2, 0.25) is 0 Å². The third-order valence-electron chi connectivity index (χ3n) is 10.3. The lowest BCUT2D eigenvalue weighted by Gasteiger charge is -2.36. The van der Waals surface area contributed by atoms with E-state index in [2.05, 4.69) is 143 Å². The molecule has 0 radical (unpaired) electrons. The Morgan fingerprint density at radius 2 is 1.19 bits per heavy atom. The number of benzene rings is 5. The second-order valence-corrected chi connectivity index (χ2v) is 13.6. The molecule has 8 heteroatoms. The minimum atomic E-state index is -0.868. The van der Waals surface area contributed by atoms with Gasteiger partial charge in [0.1, 0.15) is 17.1 Å². The smallest absolute Gasteiger partial charge is 0.184 e. The molecule has 3 heterocycles. The van der Waals surface area contributed by atoms with Crippen molar-refractivity contribution < 1.29 is 4.79 Å². The van der Waals surface area contributed by atoms with Gasteiger partial charge >= 0.3 is 0 Å². The molecule has 0 saturated carbocycles. The van der Waals surface area contributed by atoms with E-state index in [9.17, 15) is 4.79 Å². The summed E-state index contributed by atoms with van der Waals surface area (Å²) >= 11 is 0. The summed E-state index contributed by atoms with van der Waals surface area (Å²) in [5.74, 6) is 2.24. The maximum atomic E-state index is 12.6. The Bertz CT molecular complexity index is 2400. The molecular formula is C46H41N7O. The lowest BCUT2D eigenvalue weighted by atomic mass is 9.77. The standard InChI is InChI=1S/C46H41N7O/c1-4-16-43-47-45(52-33(2)25-26-34(52)3)42(32-54)51(43)31-35-27-29-36(30-28-35)40-23-14-15-24-41(40)44-48-49-50-53(44)46(37-17-8-5-9-18-37,38-19-10-6-11-20-38)39-21-12-7-13-22-39/h5-15,17-30,32H,4,16,31H2,1-3H3. The molecule has 54 heavy (non-hydrogen) atoms. The van der Waals surface area contributed by atoms with Gasteiger partial charge in [-0.15, -0.1) is 5.10 Å². The van der Waals surface area contributed by atoms with Crippen LogP contribution in [-0.4, -0.2) is 40.6 Å². The van der Waals surface area contributed by atoms with Crippen LogP contribution in [0, 0.1) is 13.8 Å². The van der Waals surface area contributed by atoms with Crippen molar-refractivity contribution in [3.05, 3.63) is 197 Å². The van der Waals surface area contributed by atoms with Gasteiger partial charge in [0.15, 0.2) is 17.9 Å². The normalized spacial score (nSPS) is 11.5. The molecule has 266 valence electrons. The number of aryl methyl sites for hydroxylation is 3. The fourth-order valence-corrected chi connectivity index (χ4v) is 7.76. The van der Waals surface area contributed by atoms with Crippen LogP contribution >= 0.6 is 0 Å². The van der Waals surface area contributed by atoms with E-state index in [1.165, 1.54) is 0 Å². The van der Waals surface area contributed by atoms with Crippen LogP contribution in [0.1, 0.15) is 63.3 Å². The number of rotatable bonds is 12. The molecule has 0 amide bonds. The molecule has 5 aromatic carbocycles. The second-order valence-electron chi connectivity index (χ2n) is 13.6. The van der Waals surface area contributed by atoms with E-state index in [-0.39, 0.29) is 0 Å². The fraction of sp³-hybridized carbons (Fsp3) is 0.152. The van der Waals surface area contributed by atoms with Gasteiger partial charge < -0.3 is 9.13 Å². The number of hydrogen-bond donors (Lipinski definition) is 0. The summed E-state index contributed by atoms with van der Waals surface area (Å²) in [5.41, 5.74) is 8.95. The van der Waals surface area contributed by atoms with Gasteiger partial charge in [0.2, 0.25) is 0 Å². The molecule has 0 spiro atoms. The second kappa shape index (κ2) is 14.8. The maximum Gasteiger partial charge on any atom is 0.184 e. The number of carbonyl (C=O) groups is 1. The molecule has 0 N–H and O–H groups in total. The highest BCUT2D eigenvalue weighted by molar-refractivity contribution is 5.81. The first-order valence-corrected chi connectivity index (χ1v) is 18.4. The van der Waals surface area contributed by atoms with E-state index in [1.807, 2.05) is 48.9 Å². The molecule has 0 aliphatic rings. The van der Waals surface area contributed by atoms with Gasteiger partial charge in [-0.3, -0.25) is 4.79 Å². The summed E-state index contributed by atoms with van der Waals surface area (Å²) in [6.45, 7) is 6.75. The first-order chi connectivity index (χ1) is 26.5. The summed E-state index contributed by atoms with van der Waals surface area (Å²) in [4.78, 5) is 17.6. The van der Waals surface area contributed by atoms with Crippen molar-refractivity contribution >= 4 is 6.29 Å². The topological polar surface area (TPSA) is 83.4 Å². The molecule has 0 unspecified atom stereocenters. The molecule has 0 atom stereocenters.